The molecule has 6 rings (SSSR count). The molecular formula is C30H20. The molecule has 30 heavy (non-hydrogen) atoms. The lowest BCUT2D eigenvalue weighted by molar-refractivity contribution is 1.65. The Balaban J connectivity index is 1.62. The largest absolute Gasteiger partial charge is 0.0622 e. The molecule has 0 heterocycles. The van der Waals surface area contributed by atoms with Gasteiger partial charge in [0.1, 0.15) is 0 Å². The summed E-state index contributed by atoms with van der Waals surface area (Å²) >= 11 is 0. The summed E-state index contributed by atoms with van der Waals surface area (Å²) in [5, 5.41) is 7.79. The van der Waals surface area contributed by atoms with Crippen molar-refractivity contribution in [3.8, 4) is 22.3 Å². The predicted octanol–water partition coefficient (Wildman–Crippen LogP) is 8.48. The van der Waals surface area contributed by atoms with Gasteiger partial charge < -0.3 is 0 Å². The van der Waals surface area contributed by atoms with Crippen molar-refractivity contribution in [1.82, 2.24) is 0 Å². The van der Waals surface area contributed by atoms with Crippen LogP contribution in [0.5, 0.6) is 0 Å². The molecule has 0 fully saturated rings. The molecule has 0 unspecified atom stereocenters. The summed E-state index contributed by atoms with van der Waals surface area (Å²) < 4.78 is 0. The molecule has 0 heteroatoms. The van der Waals surface area contributed by atoms with E-state index in [1.165, 1.54) is 54.6 Å². The zero-order valence-corrected chi connectivity index (χ0v) is 16.5. The standard InChI is InChI=1S/C30H20/c1-3-7-21(8-4-1)25-13-11-23-15-18-28-27(29(23)19-25)17-16-24-12-14-26(20-30(24)28)22-9-5-2-6-10-22/h1-20H. The van der Waals surface area contributed by atoms with E-state index in [1.54, 1.807) is 0 Å². The van der Waals surface area contributed by atoms with Gasteiger partial charge in [-0.3, -0.25) is 0 Å². The van der Waals surface area contributed by atoms with Crippen LogP contribution in [0.25, 0.3) is 54.6 Å². The van der Waals surface area contributed by atoms with Gasteiger partial charge in [0.25, 0.3) is 0 Å². The highest BCUT2D eigenvalue weighted by molar-refractivity contribution is 6.18. The molecule has 0 amide bonds. The third-order valence-corrected chi connectivity index (χ3v) is 6.05. The maximum Gasteiger partial charge on any atom is -0.00987 e. The molecule has 0 aliphatic rings. The van der Waals surface area contributed by atoms with E-state index in [2.05, 4.69) is 121 Å². The van der Waals surface area contributed by atoms with Crippen LogP contribution in [0.2, 0.25) is 0 Å². The predicted molar refractivity (Wildman–Crippen MR) is 130 cm³/mol. The third-order valence-electron chi connectivity index (χ3n) is 6.05. The summed E-state index contributed by atoms with van der Waals surface area (Å²) in [6, 6.07) is 43.9. The first-order valence-corrected chi connectivity index (χ1v) is 10.4. The van der Waals surface area contributed by atoms with Crippen LogP contribution in [0.1, 0.15) is 0 Å². The van der Waals surface area contributed by atoms with Crippen molar-refractivity contribution in [3.63, 3.8) is 0 Å². The molecule has 0 atom stereocenters. The lowest BCUT2D eigenvalue weighted by Crippen LogP contribution is -1.84. The average molecular weight is 380 g/mol. The minimum absolute atomic E-state index is 1.25. The minimum atomic E-state index is 1.25. The Morgan fingerprint density at radius 3 is 1.10 bits per heavy atom. The molecule has 0 aliphatic carbocycles. The van der Waals surface area contributed by atoms with Crippen LogP contribution in [0.3, 0.4) is 0 Å². The molecule has 0 saturated heterocycles. The molecule has 6 aromatic carbocycles. The van der Waals surface area contributed by atoms with Crippen LogP contribution in [-0.2, 0) is 0 Å². The van der Waals surface area contributed by atoms with Crippen LogP contribution in [0, 0.1) is 0 Å². The normalized spacial score (nSPS) is 11.3. The van der Waals surface area contributed by atoms with E-state index in [-0.39, 0.29) is 0 Å². The fraction of sp³-hybridized carbons (Fsp3) is 0. The highest BCUT2D eigenvalue weighted by atomic mass is 14.1. The molecule has 0 bridgehead atoms. The Kier molecular flexibility index (Phi) is 3.89. The molecule has 0 nitrogen and oxygen atoms in total. The Bertz CT molecular complexity index is 1390. The van der Waals surface area contributed by atoms with Crippen molar-refractivity contribution in [2.75, 3.05) is 0 Å². The van der Waals surface area contributed by atoms with Gasteiger partial charge in [-0.1, -0.05) is 109 Å². The molecule has 0 saturated carbocycles. The van der Waals surface area contributed by atoms with E-state index < -0.39 is 0 Å². The second kappa shape index (κ2) is 6.86. The van der Waals surface area contributed by atoms with Crippen LogP contribution < -0.4 is 0 Å². The van der Waals surface area contributed by atoms with Gasteiger partial charge >= 0.3 is 0 Å². The summed E-state index contributed by atoms with van der Waals surface area (Å²) in [5.41, 5.74) is 5.02. The Morgan fingerprint density at radius 1 is 0.267 bits per heavy atom. The SMILES string of the molecule is c1ccc(-c2ccc3ccc4c5cc(-c6ccccc6)ccc5ccc4c3c2)cc1. The van der Waals surface area contributed by atoms with Gasteiger partial charge in [-0.2, -0.15) is 0 Å². The molecule has 6 aromatic rings. The van der Waals surface area contributed by atoms with Gasteiger partial charge in [0.2, 0.25) is 0 Å². The Hall–Kier alpha value is -3.90. The molecule has 0 radical (unpaired) electrons. The van der Waals surface area contributed by atoms with Crippen LogP contribution >= 0.6 is 0 Å². The van der Waals surface area contributed by atoms with Gasteiger partial charge in [0.15, 0.2) is 0 Å². The molecule has 0 spiro atoms. The lowest BCUT2D eigenvalue weighted by atomic mass is 9.93. The molecule has 0 aliphatic heterocycles. The Morgan fingerprint density at radius 2 is 0.667 bits per heavy atom. The fourth-order valence-electron chi connectivity index (χ4n) is 4.49. The summed E-state index contributed by atoms with van der Waals surface area (Å²) in [5.74, 6) is 0. The second-order valence-corrected chi connectivity index (χ2v) is 7.83. The van der Waals surface area contributed by atoms with Crippen LogP contribution in [0.15, 0.2) is 121 Å². The van der Waals surface area contributed by atoms with Gasteiger partial charge in [0.05, 0.1) is 0 Å². The lowest BCUT2D eigenvalue weighted by Gasteiger charge is -2.11. The maximum absolute atomic E-state index is 2.33. The fourth-order valence-corrected chi connectivity index (χ4v) is 4.49. The number of benzene rings is 6. The first-order valence-electron chi connectivity index (χ1n) is 10.4. The summed E-state index contributed by atoms with van der Waals surface area (Å²) in [7, 11) is 0. The van der Waals surface area contributed by atoms with Gasteiger partial charge in [-0.15, -0.1) is 0 Å². The smallest absolute Gasteiger partial charge is 0.00987 e. The summed E-state index contributed by atoms with van der Waals surface area (Å²) in [4.78, 5) is 0. The van der Waals surface area contributed by atoms with Crippen molar-refractivity contribution in [1.29, 1.82) is 0 Å². The van der Waals surface area contributed by atoms with Gasteiger partial charge in [-0.25, -0.2) is 0 Å². The average Bonchev–Trinajstić information content (AvgIpc) is 2.84. The zero-order valence-electron chi connectivity index (χ0n) is 16.5. The van der Waals surface area contributed by atoms with E-state index in [4.69, 9.17) is 0 Å². The van der Waals surface area contributed by atoms with Crippen molar-refractivity contribution in [2.45, 2.75) is 0 Å². The third kappa shape index (κ3) is 2.77. The number of hydrogen-bond acceptors (Lipinski definition) is 0. The van der Waals surface area contributed by atoms with E-state index in [0.717, 1.165) is 0 Å². The zero-order chi connectivity index (χ0) is 19.9. The minimum Gasteiger partial charge on any atom is -0.0622 e. The van der Waals surface area contributed by atoms with E-state index in [9.17, 15) is 0 Å². The quantitative estimate of drug-likeness (QED) is 0.264. The second-order valence-electron chi connectivity index (χ2n) is 7.83. The summed E-state index contributed by atoms with van der Waals surface area (Å²) in [6.07, 6.45) is 0. The molecule has 140 valence electrons. The first kappa shape index (κ1) is 17.0. The van der Waals surface area contributed by atoms with Crippen molar-refractivity contribution < 1.29 is 0 Å². The van der Waals surface area contributed by atoms with Crippen molar-refractivity contribution in [3.05, 3.63) is 121 Å². The topological polar surface area (TPSA) is 0 Å². The monoisotopic (exact) mass is 380 g/mol. The van der Waals surface area contributed by atoms with Crippen molar-refractivity contribution >= 4 is 32.3 Å². The maximum atomic E-state index is 2.33. The first-order chi connectivity index (χ1) is 14.9. The highest BCUT2D eigenvalue weighted by Crippen LogP contribution is 2.35. The Labute approximate surface area is 176 Å². The van der Waals surface area contributed by atoms with E-state index in [1.807, 2.05) is 0 Å². The number of hydrogen-bond donors (Lipinski definition) is 0. The van der Waals surface area contributed by atoms with Crippen LogP contribution in [-0.4, -0.2) is 0 Å². The van der Waals surface area contributed by atoms with E-state index in [0.29, 0.717) is 0 Å². The van der Waals surface area contributed by atoms with Gasteiger partial charge in [-0.05, 0) is 66.7 Å². The van der Waals surface area contributed by atoms with Crippen molar-refractivity contribution in [2.24, 2.45) is 0 Å². The van der Waals surface area contributed by atoms with Gasteiger partial charge in [0, 0.05) is 0 Å². The molecular weight excluding hydrogens is 360 g/mol. The number of rotatable bonds is 2. The number of fused-ring (bicyclic) bond motifs is 5. The molecule has 0 N–H and O–H groups in total. The molecule has 0 aromatic heterocycles. The highest BCUT2D eigenvalue weighted by Gasteiger charge is 2.08. The van der Waals surface area contributed by atoms with Crippen LogP contribution in [0.4, 0.5) is 0 Å². The summed E-state index contributed by atoms with van der Waals surface area (Å²) in [6.45, 7) is 0. The van der Waals surface area contributed by atoms with E-state index >= 15 is 0 Å².